The second-order valence-electron chi connectivity index (χ2n) is 21.6. The number of piperidine rings is 3. The summed E-state index contributed by atoms with van der Waals surface area (Å²) < 4.78 is 0. The minimum absolute atomic E-state index is 0.210. The van der Waals surface area contributed by atoms with Gasteiger partial charge in [0, 0.05) is 88.0 Å². The van der Waals surface area contributed by atoms with Gasteiger partial charge < -0.3 is 16.0 Å². The molecule has 6 bridgehead atoms. The molecule has 3 saturated heterocycles. The summed E-state index contributed by atoms with van der Waals surface area (Å²) in [6, 6.07) is 0. The van der Waals surface area contributed by atoms with Crippen LogP contribution in [-0.2, 0) is 43.2 Å². The quantitative estimate of drug-likeness (QED) is 0.155. The summed E-state index contributed by atoms with van der Waals surface area (Å²) in [6.45, 7) is 17.8. The van der Waals surface area contributed by atoms with Gasteiger partial charge in [0.05, 0.1) is 0 Å². The molecule has 16 heteroatoms. The van der Waals surface area contributed by atoms with Crippen molar-refractivity contribution in [2.24, 2.45) is 48.7 Å². The van der Waals surface area contributed by atoms with Crippen LogP contribution in [0, 0.1) is 48.7 Å². The van der Waals surface area contributed by atoms with Crippen molar-refractivity contribution < 1.29 is 43.2 Å². The lowest BCUT2D eigenvalue weighted by molar-refractivity contribution is -0.165. The average Bonchev–Trinajstić information content (AvgIpc) is 3.08. The number of nitrogens with one attached hydrogen (secondary N) is 6. The Bertz CT molecular complexity index is 1590. The molecule has 6 N–H and O–H groups in total. The average molecular weight is 810 g/mol. The van der Waals surface area contributed by atoms with Crippen LogP contribution in [0.2, 0.25) is 0 Å². The largest absolute Gasteiger partial charge is 0.354 e. The summed E-state index contributed by atoms with van der Waals surface area (Å²) in [7, 11) is 0. The van der Waals surface area contributed by atoms with E-state index in [-0.39, 0.29) is 111 Å². The van der Waals surface area contributed by atoms with E-state index in [0.29, 0.717) is 38.9 Å². The molecule has 0 aromatic heterocycles. The molecule has 0 aromatic carbocycles. The van der Waals surface area contributed by atoms with E-state index in [2.05, 4.69) is 31.9 Å². The van der Waals surface area contributed by atoms with Crippen LogP contribution in [0.25, 0.3) is 0 Å². The number of imide groups is 3. The van der Waals surface area contributed by atoms with E-state index in [1.807, 2.05) is 4.90 Å². The van der Waals surface area contributed by atoms with Gasteiger partial charge >= 0.3 is 0 Å². The van der Waals surface area contributed by atoms with Crippen molar-refractivity contribution in [1.82, 2.24) is 36.8 Å². The van der Waals surface area contributed by atoms with E-state index in [9.17, 15) is 43.2 Å². The van der Waals surface area contributed by atoms with Crippen LogP contribution in [0.1, 0.15) is 120 Å². The first kappa shape index (κ1) is 43.4. The minimum atomic E-state index is -0.972. The first-order valence-corrected chi connectivity index (χ1v) is 20.7. The second-order valence-corrected chi connectivity index (χ2v) is 21.6. The summed E-state index contributed by atoms with van der Waals surface area (Å²) in [4.78, 5) is 121. The number of hydrogen-bond acceptors (Lipinski definition) is 10. The Morgan fingerprint density at radius 2 is 0.586 bits per heavy atom. The fourth-order valence-electron chi connectivity index (χ4n) is 12.9. The highest BCUT2D eigenvalue weighted by molar-refractivity contribution is 6.06. The van der Waals surface area contributed by atoms with Crippen LogP contribution in [0.3, 0.4) is 0 Å². The number of carbonyl (C=O) groups excluding carboxylic acids is 9. The Hall–Kier alpha value is -4.21. The second kappa shape index (κ2) is 13.9. The van der Waals surface area contributed by atoms with E-state index >= 15 is 0 Å². The summed E-state index contributed by atoms with van der Waals surface area (Å²) in [6.07, 6.45) is 2.86. The van der Waals surface area contributed by atoms with Crippen molar-refractivity contribution in [2.45, 2.75) is 120 Å². The summed E-state index contributed by atoms with van der Waals surface area (Å²) in [5, 5.41) is 16.6. The third kappa shape index (κ3) is 7.46. The molecule has 6 unspecified atom stereocenters. The molecule has 3 saturated carbocycles. The molecule has 0 aromatic rings. The fourth-order valence-corrected chi connectivity index (χ4v) is 12.9. The topological polar surface area (TPSA) is 229 Å². The van der Waals surface area contributed by atoms with Gasteiger partial charge in [-0.1, -0.05) is 62.3 Å². The highest BCUT2D eigenvalue weighted by Gasteiger charge is 2.63. The van der Waals surface area contributed by atoms with Gasteiger partial charge in [-0.05, 0) is 57.8 Å². The van der Waals surface area contributed by atoms with Crippen LogP contribution in [0.4, 0.5) is 0 Å². The zero-order valence-electron chi connectivity index (χ0n) is 35.7. The van der Waals surface area contributed by atoms with E-state index in [1.165, 1.54) is 0 Å². The molecule has 6 aliphatic rings. The molecule has 58 heavy (non-hydrogen) atoms. The van der Waals surface area contributed by atoms with E-state index in [1.54, 1.807) is 62.3 Å². The van der Waals surface area contributed by atoms with Gasteiger partial charge in [-0.25, -0.2) is 0 Å². The Morgan fingerprint density at radius 3 is 0.776 bits per heavy atom. The van der Waals surface area contributed by atoms with E-state index in [4.69, 9.17) is 0 Å². The molecule has 6 fully saturated rings. The van der Waals surface area contributed by atoms with Gasteiger partial charge in [-0.15, -0.1) is 0 Å². The molecule has 6 rings (SSSR count). The van der Waals surface area contributed by atoms with Crippen molar-refractivity contribution in [1.29, 1.82) is 0 Å². The number of nitrogens with zero attached hydrogens (tertiary/aromatic N) is 1. The lowest BCUT2D eigenvalue weighted by Crippen LogP contribution is -2.64. The third-order valence-electron chi connectivity index (χ3n) is 14.8. The van der Waals surface area contributed by atoms with Crippen LogP contribution < -0.4 is 31.9 Å². The molecule has 9 amide bonds. The van der Waals surface area contributed by atoms with Gasteiger partial charge in [-0.3, -0.25) is 64.0 Å². The number of amides is 9. The molecule has 3 aliphatic carbocycles. The maximum absolute atomic E-state index is 13.8. The molecule has 6 atom stereocenters. The van der Waals surface area contributed by atoms with Crippen molar-refractivity contribution >= 4 is 53.2 Å². The SMILES string of the molecule is CC1(C(=O)NCCN(CCNC(=O)C2(C)CC3(C)CC(C)(C2)C(=O)NC3=O)CCNC(=O)C2(C)CC3(C)CC(C)(C2)C(=O)NC3=O)CC2(C)CC(C)(C1)C(=O)NC2=O. The Labute approximate surface area is 340 Å². The number of fused-ring (bicyclic) bond motifs is 6. The zero-order chi connectivity index (χ0) is 43.1. The summed E-state index contributed by atoms with van der Waals surface area (Å²) in [5.74, 6) is -2.98. The predicted molar refractivity (Wildman–Crippen MR) is 209 cm³/mol. The van der Waals surface area contributed by atoms with Gasteiger partial charge in [0.2, 0.25) is 53.2 Å². The van der Waals surface area contributed by atoms with Crippen molar-refractivity contribution in [3.05, 3.63) is 0 Å². The Balaban J connectivity index is 1.11. The molecular formula is C42H63N7O9. The predicted octanol–water partition coefficient (Wildman–Crippen LogP) is 1.21. The molecule has 3 heterocycles. The Morgan fingerprint density at radius 1 is 0.397 bits per heavy atom. The first-order chi connectivity index (χ1) is 26.6. The standard InChI is InChI=1S/C42H63N7O9/c1-34(16-37(4)22-38(5,17-34)29(54)46-28(37)53)25(50)43-10-13-49(14-11-44-26(51)35(2)18-39(6)23-40(7,19-35)31(56)47-30(39)55)15-12-45-27(52)36(3)20-41(8)24-42(9,21-36)33(58)48-32(41)57/h10-24H2,1-9H3,(H,43,50)(H,44,51)(H,45,52)(H,46,53,54)(H,47,55,56)(H,48,57,58). The number of rotatable bonds is 12. The van der Waals surface area contributed by atoms with Crippen LogP contribution in [-0.4, -0.2) is 97.3 Å². The molecule has 0 spiro atoms. The third-order valence-corrected chi connectivity index (χ3v) is 14.8. The number of carbonyl (C=O) groups is 9. The lowest BCUT2D eigenvalue weighted by Gasteiger charge is -2.53. The summed E-state index contributed by atoms with van der Waals surface area (Å²) >= 11 is 0. The smallest absolute Gasteiger partial charge is 0.232 e. The molecule has 3 aliphatic heterocycles. The molecular weight excluding hydrogens is 747 g/mol. The minimum Gasteiger partial charge on any atom is -0.354 e. The Kier molecular flexibility index (Phi) is 10.4. The van der Waals surface area contributed by atoms with E-state index < -0.39 is 48.7 Å². The van der Waals surface area contributed by atoms with Gasteiger partial charge in [0.15, 0.2) is 0 Å². The van der Waals surface area contributed by atoms with Gasteiger partial charge in [0.25, 0.3) is 0 Å². The first-order valence-electron chi connectivity index (χ1n) is 20.7. The van der Waals surface area contributed by atoms with Crippen LogP contribution >= 0.6 is 0 Å². The maximum Gasteiger partial charge on any atom is 0.232 e. The van der Waals surface area contributed by atoms with Gasteiger partial charge in [-0.2, -0.15) is 0 Å². The van der Waals surface area contributed by atoms with Crippen LogP contribution in [0.15, 0.2) is 0 Å². The van der Waals surface area contributed by atoms with E-state index in [0.717, 1.165) is 0 Å². The van der Waals surface area contributed by atoms with Crippen molar-refractivity contribution in [2.75, 3.05) is 39.3 Å². The molecule has 16 nitrogen and oxygen atoms in total. The normalized spacial score (nSPS) is 41.9. The van der Waals surface area contributed by atoms with Crippen LogP contribution in [0.5, 0.6) is 0 Å². The highest BCUT2D eigenvalue weighted by Crippen LogP contribution is 2.59. The lowest BCUT2D eigenvalue weighted by atomic mass is 9.52. The zero-order valence-corrected chi connectivity index (χ0v) is 35.7. The number of hydrogen-bond donors (Lipinski definition) is 6. The summed E-state index contributed by atoms with van der Waals surface area (Å²) in [5.41, 5.74) is -8.11. The van der Waals surface area contributed by atoms with Crippen molar-refractivity contribution in [3.8, 4) is 0 Å². The molecule has 320 valence electrons. The monoisotopic (exact) mass is 809 g/mol. The highest BCUT2D eigenvalue weighted by atomic mass is 16.2. The fraction of sp³-hybridized carbons (Fsp3) is 0.786. The van der Waals surface area contributed by atoms with Gasteiger partial charge in [0.1, 0.15) is 0 Å². The molecule has 0 radical (unpaired) electrons. The maximum atomic E-state index is 13.8. The van der Waals surface area contributed by atoms with Crippen molar-refractivity contribution in [3.63, 3.8) is 0 Å².